The van der Waals surface area contributed by atoms with E-state index in [0.29, 0.717) is 36.5 Å². The average Bonchev–Trinajstić information content (AvgIpc) is 3.37. The van der Waals surface area contributed by atoms with E-state index < -0.39 is 5.97 Å². The van der Waals surface area contributed by atoms with E-state index in [1.165, 1.54) is 12.5 Å². The second kappa shape index (κ2) is 9.50. The van der Waals surface area contributed by atoms with Crippen LogP contribution < -0.4 is 5.32 Å². The fourth-order valence-corrected chi connectivity index (χ4v) is 2.81. The lowest BCUT2D eigenvalue weighted by Gasteiger charge is -2.18. The lowest BCUT2D eigenvalue weighted by Crippen LogP contribution is -2.37. The van der Waals surface area contributed by atoms with Crippen LogP contribution >= 0.6 is 0 Å². The molecule has 2 heterocycles. The standard InChI is InChI=1S/C20H21N3O5/c24-17(7-8-18-22-20(23-28-18)15-10-11-27-13-15)21-16(6-9-19(25)26)12-14-4-2-1-3-5-14/h1-5,10-11,13,16H,6-9,12H2,(H,21,24)(H,25,26). The summed E-state index contributed by atoms with van der Waals surface area (Å²) in [5.74, 6) is -0.302. The zero-order valence-electron chi connectivity index (χ0n) is 15.2. The lowest BCUT2D eigenvalue weighted by atomic mass is 10.0. The number of carbonyl (C=O) groups is 2. The van der Waals surface area contributed by atoms with Crippen LogP contribution in [0.15, 0.2) is 57.9 Å². The molecule has 0 aliphatic carbocycles. The number of rotatable bonds is 10. The van der Waals surface area contributed by atoms with E-state index >= 15 is 0 Å². The van der Waals surface area contributed by atoms with Crippen molar-refractivity contribution in [3.05, 3.63) is 60.4 Å². The molecule has 1 atom stereocenters. The minimum absolute atomic E-state index is 0.00446. The van der Waals surface area contributed by atoms with Crippen molar-refractivity contribution in [2.24, 2.45) is 0 Å². The zero-order valence-corrected chi connectivity index (χ0v) is 15.2. The van der Waals surface area contributed by atoms with Crippen LogP contribution in [0.25, 0.3) is 11.4 Å². The largest absolute Gasteiger partial charge is 0.481 e. The van der Waals surface area contributed by atoms with Gasteiger partial charge in [-0.1, -0.05) is 35.5 Å². The summed E-state index contributed by atoms with van der Waals surface area (Å²) in [6, 6.07) is 11.1. The van der Waals surface area contributed by atoms with Gasteiger partial charge >= 0.3 is 5.97 Å². The maximum Gasteiger partial charge on any atom is 0.303 e. The first-order chi connectivity index (χ1) is 13.6. The van der Waals surface area contributed by atoms with Crippen molar-refractivity contribution >= 4 is 11.9 Å². The van der Waals surface area contributed by atoms with Crippen LogP contribution in [0.2, 0.25) is 0 Å². The SMILES string of the molecule is O=C(O)CCC(Cc1ccccc1)NC(=O)CCc1nc(-c2ccoc2)no1. The van der Waals surface area contributed by atoms with E-state index in [1.54, 1.807) is 6.07 Å². The third-order valence-electron chi connectivity index (χ3n) is 4.21. The highest BCUT2D eigenvalue weighted by molar-refractivity contribution is 5.76. The number of carboxylic acids is 1. The maximum absolute atomic E-state index is 12.3. The smallest absolute Gasteiger partial charge is 0.303 e. The molecule has 0 saturated carbocycles. The van der Waals surface area contributed by atoms with E-state index in [0.717, 1.165) is 5.56 Å². The summed E-state index contributed by atoms with van der Waals surface area (Å²) in [6.07, 6.45) is 4.43. The van der Waals surface area contributed by atoms with E-state index in [-0.39, 0.29) is 24.8 Å². The Morgan fingerprint density at radius 1 is 1.14 bits per heavy atom. The molecule has 1 amide bonds. The Labute approximate surface area is 161 Å². The molecule has 0 aliphatic heterocycles. The van der Waals surface area contributed by atoms with Gasteiger partial charge in [0, 0.05) is 25.3 Å². The van der Waals surface area contributed by atoms with Gasteiger partial charge in [-0.3, -0.25) is 9.59 Å². The fourth-order valence-electron chi connectivity index (χ4n) is 2.81. The summed E-state index contributed by atoms with van der Waals surface area (Å²) in [4.78, 5) is 27.5. The minimum Gasteiger partial charge on any atom is -0.481 e. The van der Waals surface area contributed by atoms with E-state index in [1.807, 2.05) is 30.3 Å². The van der Waals surface area contributed by atoms with Gasteiger partial charge in [-0.15, -0.1) is 0 Å². The topological polar surface area (TPSA) is 118 Å². The van der Waals surface area contributed by atoms with Crippen LogP contribution in [-0.4, -0.2) is 33.2 Å². The van der Waals surface area contributed by atoms with Crippen LogP contribution in [0.5, 0.6) is 0 Å². The molecule has 0 radical (unpaired) electrons. The number of aromatic nitrogens is 2. The molecule has 0 bridgehead atoms. The van der Waals surface area contributed by atoms with Crippen LogP contribution in [0.1, 0.15) is 30.7 Å². The Morgan fingerprint density at radius 3 is 2.68 bits per heavy atom. The number of aliphatic carboxylic acids is 1. The van der Waals surface area contributed by atoms with Gasteiger partial charge in [-0.25, -0.2) is 0 Å². The number of carbonyl (C=O) groups excluding carboxylic acids is 1. The third-order valence-corrected chi connectivity index (χ3v) is 4.21. The Morgan fingerprint density at radius 2 is 1.96 bits per heavy atom. The van der Waals surface area contributed by atoms with Gasteiger partial charge in [0.05, 0.1) is 11.8 Å². The first-order valence-corrected chi connectivity index (χ1v) is 9.00. The quantitative estimate of drug-likeness (QED) is 0.552. The summed E-state index contributed by atoms with van der Waals surface area (Å²) >= 11 is 0. The monoisotopic (exact) mass is 383 g/mol. The number of nitrogens with one attached hydrogen (secondary N) is 1. The van der Waals surface area contributed by atoms with E-state index in [9.17, 15) is 9.59 Å². The molecule has 3 rings (SSSR count). The number of aryl methyl sites for hydroxylation is 1. The summed E-state index contributed by atoms with van der Waals surface area (Å²) in [5.41, 5.74) is 1.75. The molecule has 0 spiro atoms. The van der Waals surface area contributed by atoms with E-state index in [2.05, 4.69) is 15.5 Å². The van der Waals surface area contributed by atoms with Crippen molar-refractivity contribution in [2.75, 3.05) is 0 Å². The van der Waals surface area contributed by atoms with Crippen molar-refractivity contribution in [3.8, 4) is 11.4 Å². The maximum atomic E-state index is 12.3. The van der Waals surface area contributed by atoms with Crippen molar-refractivity contribution in [3.63, 3.8) is 0 Å². The molecular formula is C20H21N3O5. The minimum atomic E-state index is -0.884. The number of hydrogen-bond donors (Lipinski definition) is 2. The predicted molar refractivity (Wildman–Crippen MR) is 99.3 cm³/mol. The number of carboxylic acid groups (broad SMARTS) is 1. The van der Waals surface area contributed by atoms with Crippen molar-refractivity contribution in [2.45, 2.75) is 38.1 Å². The molecule has 8 nitrogen and oxygen atoms in total. The molecule has 146 valence electrons. The molecule has 8 heteroatoms. The van der Waals surface area contributed by atoms with Crippen LogP contribution in [-0.2, 0) is 22.4 Å². The Balaban J connectivity index is 1.53. The van der Waals surface area contributed by atoms with Crippen LogP contribution in [0.3, 0.4) is 0 Å². The second-order valence-corrected chi connectivity index (χ2v) is 6.41. The number of furan rings is 1. The molecule has 0 saturated heterocycles. The zero-order chi connectivity index (χ0) is 19.8. The molecule has 2 aromatic heterocycles. The Kier molecular flexibility index (Phi) is 6.56. The van der Waals surface area contributed by atoms with Crippen molar-refractivity contribution in [1.29, 1.82) is 0 Å². The lowest BCUT2D eigenvalue weighted by molar-refractivity contribution is -0.137. The number of nitrogens with zero attached hydrogens (tertiary/aromatic N) is 2. The highest BCUT2D eigenvalue weighted by Crippen LogP contribution is 2.16. The molecular weight excluding hydrogens is 362 g/mol. The number of benzene rings is 1. The van der Waals surface area contributed by atoms with Crippen LogP contribution in [0, 0.1) is 0 Å². The second-order valence-electron chi connectivity index (χ2n) is 6.41. The first-order valence-electron chi connectivity index (χ1n) is 9.00. The molecule has 0 fully saturated rings. The van der Waals surface area contributed by atoms with Crippen molar-refractivity contribution < 1.29 is 23.6 Å². The van der Waals surface area contributed by atoms with Gasteiger partial charge in [0.15, 0.2) is 0 Å². The van der Waals surface area contributed by atoms with Gasteiger partial charge in [0.25, 0.3) is 0 Å². The first kappa shape index (κ1) is 19.3. The number of amides is 1. The molecule has 28 heavy (non-hydrogen) atoms. The highest BCUT2D eigenvalue weighted by Gasteiger charge is 2.16. The van der Waals surface area contributed by atoms with Gasteiger partial charge in [-0.05, 0) is 24.5 Å². The highest BCUT2D eigenvalue weighted by atomic mass is 16.5. The van der Waals surface area contributed by atoms with Gasteiger partial charge in [0.1, 0.15) is 6.26 Å². The normalized spacial score (nSPS) is 11.9. The average molecular weight is 383 g/mol. The Bertz CT molecular complexity index is 890. The summed E-state index contributed by atoms with van der Waals surface area (Å²) in [5, 5.41) is 15.7. The molecule has 3 aromatic rings. The Hall–Kier alpha value is -3.42. The predicted octanol–water partition coefficient (Wildman–Crippen LogP) is 2.85. The molecule has 1 unspecified atom stereocenters. The van der Waals surface area contributed by atoms with Crippen molar-refractivity contribution in [1.82, 2.24) is 15.5 Å². The summed E-state index contributed by atoms with van der Waals surface area (Å²) < 4.78 is 10.1. The summed E-state index contributed by atoms with van der Waals surface area (Å²) in [7, 11) is 0. The van der Waals surface area contributed by atoms with Gasteiger partial charge in [0.2, 0.25) is 17.6 Å². The van der Waals surface area contributed by atoms with Gasteiger partial charge in [-0.2, -0.15) is 4.98 Å². The van der Waals surface area contributed by atoms with Crippen LogP contribution in [0.4, 0.5) is 0 Å². The fraction of sp³-hybridized carbons (Fsp3) is 0.300. The molecule has 2 N–H and O–H groups in total. The third kappa shape index (κ3) is 5.80. The van der Waals surface area contributed by atoms with Gasteiger partial charge < -0.3 is 19.4 Å². The number of hydrogen-bond acceptors (Lipinski definition) is 6. The molecule has 1 aromatic carbocycles. The molecule has 0 aliphatic rings. The van der Waals surface area contributed by atoms with E-state index in [4.69, 9.17) is 14.0 Å². The summed E-state index contributed by atoms with van der Waals surface area (Å²) in [6.45, 7) is 0.